The van der Waals surface area contributed by atoms with E-state index in [1.807, 2.05) is 14.1 Å². The maximum Gasteiger partial charge on any atom is 0.0108 e. The summed E-state index contributed by atoms with van der Waals surface area (Å²) in [7, 11) is 4.01. The second-order valence-corrected chi connectivity index (χ2v) is 6.72. The SMILES string of the molecule is CNCCN(CCNC)CCNCCNCCN(CCN)CCNCCN. The minimum Gasteiger partial charge on any atom is -0.329 e. The molecule has 0 radical (unpaired) electrons. The summed E-state index contributed by atoms with van der Waals surface area (Å²) in [5, 5.41) is 16.8. The zero-order valence-electron chi connectivity index (χ0n) is 17.9. The highest BCUT2D eigenvalue weighted by Gasteiger charge is 2.04. The molecule has 0 aliphatic heterocycles. The quantitative estimate of drug-likeness (QED) is 0.0956. The molecular weight excluding hydrogens is 342 g/mol. The predicted molar refractivity (Wildman–Crippen MR) is 117 cm³/mol. The highest BCUT2D eigenvalue weighted by Crippen LogP contribution is 1.86. The van der Waals surface area contributed by atoms with E-state index < -0.39 is 0 Å². The standard InChI is InChI=1S/C18H47N9/c1-21-8-14-27(15-9-22-2)18-12-25-7-6-24-11-17-26(13-4-20)16-10-23-5-3-19/h21-25H,3-20H2,1-2H3. The first kappa shape index (κ1) is 26.6. The lowest BCUT2D eigenvalue weighted by atomic mass is 10.4. The number of likely N-dealkylation sites (N-methyl/N-ethyl adjacent to an activating group) is 2. The zero-order chi connectivity index (χ0) is 20.0. The van der Waals surface area contributed by atoms with Crippen molar-refractivity contribution in [3.63, 3.8) is 0 Å². The first-order valence-electron chi connectivity index (χ1n) is 10.5. The second-order valence-electron chi connectivity index (χ2n) is 6.72. The van der Waals surface area contributed by atoms with Crippen LogP contribution in [0.5, 0.6) is 0 Å². The van der Waals surface area contributed by atoms with Crippen molar-refractivity contribution in [3.05, 3.63) is 0 Å². The summed E-state index contributed by atoms with van der Waals surface area (Å²) in [5.74, 6) is 0. The van der Waals surface area contributed by atoms with Crippen LogP contribution in [-0.2, 0) is 0 Å². The molecule has 0 amide bonds. The van der Waals surface area contributed by atoms with Crippen molar-refractivity contribution in [2.45, 2.75) is 0 Å². The molecule has 0 spiro atoms. The van der Waals surface area contributed by atoms with Crippen molar-refractivity contribution >= 4 is 0 Å². The van der Waals surface area contributed by atoms with E-state index in [2.05, 4.69) is 36.4 Å². The van der Waals surface area contributed by atoms with Gasteiger partial charge in [0.25, 0.3) is 0 Å². The Morgan fingerprint density at radius 2 is 0.889 bits per heavy atom. The molecule has 0 unspecified atom stereocenters. The van der Waals surface area contributed by atoms with Gasteiger partial charge < -0.3 is 38.1 Å². The zero-order valence-corrected chi connectivity index (χ0v) is 17.9. The van der Waals surface area contributed by atoms with Gasteiger partial charge >= 0.3 is 0 Å². The molecule has 0 bridgehead atoms. The minimum atomic E-state index is 0.689. The van der Waals surface area contributed by atoms with Crippen LogP contribution < -0.4 is 38.1 Å². The molecule has 0 heterocycles. The summed E-state index contributed by atoms with van der Waals surface area (Å²) in [6.07, 6.45) is 0. The largest absolute Gasteiger partial charge is 0.329 e. The number of nitrogens with one attached hydrogen (secondary N) is 5. The molecule has 0 fully saturated rings. The van der Waals surface area contributed by atoms with Crippen LogP contribution in [0.3, 0.4) is 0 Å². The van der Waals surface area contributed by atoms with Crippen molar-refractivity contribution in [2.75, 3.05) is 119 Å². The molecule has 0 saturated heterocycles. The van der Waals surface area contributed by atoms with Crippen molar-refractivity contribution in [3.8, 4) is 0 Å². The number of rotatable bonds is 22. The van der Waals surface area contributed by atoms with E-state index in [9.17, 15) is 0 Å². The van der Waals surface area contributed by atoms with Crippen LogP contribution in [0.2, 0.25) is 0 Å². The third kappa shape index (κ3) is 18.8. The summed E-state index contributed by atoms with van der Waals surface area (Å²) in [5.41, 5.74) is 11.2. The minimum absolute atomic E-state index is 0.689. The fourth-order valence-corrected chi connectivity index (χ4v) is 2.76. The van der Waals surface area contributed by atoms with Crippen LogP contribution >= 0.6 is 0 Å². The van der Waals surface area contributed by atoms with Crippen molar-refractivity contribution < 1.29 is 0 Å². The highest BCUT2D eigenvalue weighted by molar-refractivity contribution is 4.65. The molecule has 9 heteroatoms. The maximum absolute atomic E-state index is 5.71. The average Bonchev–Trinajstić information content (AvgIpc) is 2.68. The molecule has 9 nitrogen and oxygen atoms in total. The van der Waals surface area contributed by atoms with E-state index >= 15 is 0 Å². The Bertz CT molecular complexity index is 274. The first-order valence-corrected chi connectivity index (χ1v) is 10.5. The van der Waals surface area contributed by atoms with Crippen LogP contribution in [0.1, 0.15) is 0 Å². The molecule has 0 aromatic carbocycles. The topological polar surface area (TPSA) is 119 Å². The van der Waals surface area contributed by atoms with Gasteiger partial charge in [0, 0.05) is 105 Å². The van der Waals surface area contributed by atoms with Gasteiger partial charge in [-0.15, -0.1) is 0 Å². The van der Waals surface area contributed by atoms with E-state index in [1.54, 1.807) is 0 Å². The Morgan fingerprint density at radius 3 is 1.30 bits per heavy atom. The summed E-state index contributed by atoms with van der Waals surface area (Å²) < 4.78 is 0. The Hall–Kier alpha value is -0.360. The number of nitrogens with two attached hydrogens (primary N) is 2. The molecule has 0 atom stereocenters. The van der Waals surface area contributed by atoms with Crippen LogP contribution in [0.25, 0.3) is 0 Å². The number of hydrogen-bond acceptors (Lipinski definition) is 9. The second kappa shape index (κ2) is 21.9. The maximum atomic E-state index is 5.71. The van der Waals surface area contributed by atoms with Gasteiger partial charge in [0.05, 0.1) is 0 Å². The number of hydrogen-bond donors (Lipinski definition) is 7. The van der Waals surface area contributed by atoms with E-state index in [0.29, 0.717) is 13.1 Å². The highest BCUT2D eigenvalue weighted by atomic mass is 15.2. The third-order valence-electron chi connectivity index (χ3n) is 4.42. The third-order valence-corrected chi connectivity index (χ3v) is 4.42. The lowest BCUT2D eigenvalue weighted by Crippen LogP contribution is -2.42. The van der Waals surface area contributed by atoms with Gasteiger partial charge in [0.1, 0.15) is 0 Å². The molecule has 164 valence electrons. The smallest absolute Gasteiger partial charge is 0.0108 e. The van der Waals surface area contributed by atoms with Crippen LogP contribution in [0.4, 0.5) is 0 Å². The summed E-state index contributed by atoms with van der Waals surface area (Å²) in [6, 6.07) is 0. The van der Waals surface area contributed by atoms with Gasteiger partial charge in [-0.1, -0.05) is 0 Å². The Balaban J connectivity index is 3.63. The van der Waals surface area contributed by atoms with Gasteiger partial charge in [-0.2, -0.15) is 0 Å². The first-order chi connectivity index (χ1) is 13.3. The Labute approximate surface area is 167 Å². The normalized spacial score (nSPS) is 11.8. The van der Waals surface area contributed by atoms with Crippen LogP contribution in [-0.4, -0.2) is 129 Å². The molecule has 0 aromatic rings. The average molecular weight is 390 g/mol. The van der Waals surface area contributed by atoms with Crippen molar-refractivity contribution in [1.29, 1.82) is 0 Å². The van der Waals surface area contributed by atoms with Crippen LogP contribution in [0, 0.1) is 0 Å². The molecule has 27 heavy (non-hydrogen) atoms. The molecule has 0 aromatic heterocycles. The summed E-state index contributed by atoms with van der Waals surface area (Å²) in [6.45, 7) is 15.6. The summed E-state index contributed by atoms with van der Waals surface area (Å²) >= 11 is 0. The Morgan fingerprint density at radius 1 is 0.481 bits per heavy atom. The molecule has 0 saturated carbocycles. The molecular formula is C18H47N9. The van der Waals surface area contributed by atoms with E-state index in [1.165, 1.54) is 0 Å². The lowest BCUT2D eigenvalue weighted by Gasteiger charge is -2.23. The summed E-state index contributed by atoms with van der Waals surface area (Å²) in [4.78, 5) is 4.88. The van der Waals surface area contributed by atoms with E-state index in [4.69, 9.17) is 11.5 Å². The van der Waals surface area contributed by atoms with E-state index in [-0.39, 0.29) is 0 Å². The van der Waals surface area contributed by atoms with Crippen molar-refractivity contribution in [2.24, 2.45) is 11.5 Å². The van der Waals surface area contributed by atoms with Crippen LogP contribution in [0.15, 0.2) is 0 Å². The van der Waals surface area contributed by atoms with Gasteiger partial charge in [-0.05, 0) is 14.1 Å². The monoisotopic (exact) mass is 389 g/mol. The molecule has 9 N–H and O–H groups in total. The molecule has 0 aliphatic carbocycles. The van der Waals surface area contributed by atoms with Gasteiger partial charge in [-0.25, -0.2) is 0 Å². The van der Waals surface area contributed by atoms with Gasteiger partial charge in [-0.3, -0.25) is 9.80 Å². The Kier molecular flexibility index (Phi) is 21.6. The lowest BCUT2D eigenvalue weighted by molar-refractivity contribution is 0.274. The predicted octanol–water partition coefficient (Wildman–Crippen LogP) is -3.28. The van der Waals surface area contributed by atoms with Crippen molar-refractivity contribution in [1.82, 2.24) is 36.4 Å². The fraction of sp³-hybridized carbons (Fsp3) is 1.00. The van der Waals surface area contributed by atoms with E-state index in [0.717, 1.165) is 91.6 Å². The van der Waals surface area contributed by atoms with Gasteiger partial charge in [0.15, 0.2) is 0 Å². The molecule has 0 rings (SSSR count). The molecule has 0 aliphatic rings. The number of nitrogens with zero attached hydrogens (tertiary/aromatic N) is 2. The fourth-order valence-electron chi connectivity index (χ4n) is 2.76. The van der Waals surface area contributed by atoms with Gasteiger partial charge in [0.2, 0.25) is 0 Å².